The molecule has 6 amide bonds. The highest BCUT2D eigenvalue weighted by Crippen LogP contribution is 2.44. The summed E-state index contributed by atoms with van der Waals surface area (Å²) in [5.74, 6) is -4.66. The first-order chi connectivity index (χ1) is 30.6. The molecule has 4 saturated carbocycles. The number of rotatable bonds is 13. The number of carbonyl (C=O) groups excluding carboxylic acids is 6. The predicted molar refractivity (Wildman–Crippen MR) is 235 cm³/mol. The van der Waals surface area contributed by atoms with E-state index in [1.165, 1.54) is 22.2 Å². The van der Waals surface area contributed by atoms with E-state index in [2.05, 4.69) is 40.5 Å². The molecule has 6 aliphatic rings. The molecule has 4 aromatic rings. The quantitative estimate of drug-likeness (QED) is 0.148. The predicted octanol–water partition coefficient (Wildman–Crippen LogP) is 3.00. The number of nitrogens with zero attached hydrogens (tertiary/aromatic N) is 4. The van der Waals surface area contributed by atoms with Gasteiger partial charge in [0.2, 0.25) is 29.5 Å². The smallest absolute Gasteiger partial charge is 0.291 e. The van der Waals surface area contributed by atoms with Crippen molar-refractivity contribution in [2.24, 2.45) is 23.7 Å². The van der Waals surface area contributed by atoms with Crippen LogP contribution in [0.1, 0.15) is 81.1 Å². The third-order valence-electron chi connectivity index (χ3n) is 13.9. The number of amides is 6. The molecule has 13 atom stereocenters. The molecular formula is C48H51N8O6P. The van der Waals surface area contributed by atoms with Crippen molar-refractivity contribution in [2.75, 3.05) is 26.2 Å². The zero-order valence-electron chi connectivity index (χ0n) is 34.7. The third kappa shape index (κ3) is 8.83. The zero-order chi connectivity index (χ0) is 43.4. The minimum atomic E-state index is -0.766. The van der Waals surface area contributed by atoms with Gasteiger partial charge in [-0.2, -0.15) is 0 Å². The van der Waals surface area contributed by atoms with Crippen molar-refractivity contribution in [1.29, 1.82) is 0 Å². The number of carbonyl (C=O) groups is 6. The maximum absolute atomic E-state index is 14.0. The van der Waals surface area contributed by atoms with Crippen LogP contribution in [0, 0.1) is 23.7 Å². The molecule has 3 heterocycles. The fourth-order valence-corrected chi connectivity index (χ4v) is 10.1. The van der Waals surface area contributed by atoms with Crippen LogP contribution in [0.15, 0.2) is 103 Å². The number of likely N-dealkylation sites (tertiary alicyclic amines) is 2. The first kappa shape index (κ1) is 41.0. The van der Waals surface area contributed by atoms with Gasteiger partial charge in [0.1, 0.15) is 0 Å². The Kier molecular flexibility index (Phi) is 11.0. The summed E-state index contributed by atoms with van der Waals surface area (Å²) >= 11 is 0. The summed E-state index contributed by atoms with van der Waals surface area (Å²) in [6.07, 6.45) is 5.82. The molecule has 2 saturated heterocycles. The Morgan fingerprint density at radius 1 is 0.460 bits per heavy atom. The fraction of sp³-hybridized carbons (Fsp3) is 0.417. The molecule has 2 aliphatic heterocycles. The maximum Gasteiger partial charge on any atom is 0.291 e. The van der Waals surface area contributed by atoms with Gasteiger partial charge < -0.3 is 31.1 Å². The van der Waals surface area contributed by atoms with E-state index in [0.717, 1.165) is 42.4 Å². The molecule has 0 radical (unpaired) electrons. The lowest BCUT2D eigenvalue weighted by atomic mass is 9.94. The van der Waals surface area contributed by atoms with Crippen LogP contribution >= 0.6 is 9.24 Å². The van der Waals surface area contributed by atoms with Crippen LogP contribution in [0.4, 0.5) is 0 Å². The summed E-state index contributed by atoms with van der Waals surface area (Å²) in [4.78, 5) is 94.5. The number of hydrogen-bond acceptors (Lipinski definition) is 8. The lowest BCUT2D eigenvalue weighted by Crippen LogP contribution is -2.43. The molecule has 63 heavy (non-hydrogen) atoms. The number of hydrogen-bond donors (Lipinski definition) is 4. The molecule has 10 rings (SSSR count). The maximum atomic E-state index is 14.0. The van der Waals surface area contributed by atoms with Crippen molar-refractivity contribution >= 4 is 44.7 Å². The molecule has 1 unspecified atom stereocenters. The standard InChI is InChI=1S/C48H51N8O6P/c57-43(51-37-16-30(37)26-10-4-1-5-11-26)33-22-55(23-34(33)44(58)52-38-17-31(38)27-12-6-2-7-13-27)47(61)29-20-49-42(50-21-29)48(62)56-24-35(36(25-56)46(60)54-40-19-41(40)63)45(59)53-39-18-32(39)28-14-8-3-9-15-28/h1-15,20-21,30-41H,16-19,22-25,63H2,(H,51,57)(H,52,58)(H,53,59)(H,54,60)/t30-,31-,32-,33-,34-,35-,36-,37+,38+,39+,40+,41+/m1/s1. The molecular weight excluding hydrogens is 816 g/mol. The van der Waals surface area contributed by atoms with E-state index < -0.39 is 35.5 Å². The second-order valence-corrected chi connectivity index (χ2v) is 19.1. The van der Waals surface area contributed by atoms with Gasteiger partial charge in [-0.3, -0.25) is 28.8 Å². The lowest BCUT2D eigenvalue weighted by molar-refractivity contribution is -0.133. The summed E-state index contributed by atoms with van der Waals surface area (Å²) in [5.41, 5.74) is 3.84. The monoisotopic (exact) mass is 866 g/mol. The van der Waals surface area contributed by atoms with E-state index in [0.29, 0.717) is 0 Å². The van der Waals surface area contributed by atoms with Gasteiger partial charge in [-0.05, 0) is 48.0 Å². The molecule has 4 N–H and O–H groups in total. The van der Waals surface area contributed by atoms with Crippen LogP contribution < -0.4 is 21.3 Å². The van der Waals surface area contributed by atoms with Gasteiger partial charge in [0, 0.05) is 80.5 Å². The van der Waals surface area contributed by atoms with Crippen LogP contribution in [-0.4, -0.2) is 111 Å². The average Bonchev–Trinajstić information content (AvgIpc) is 4.27. The third-order valence-corrected chi connectivity index (χ3v) is 14.6. The van der Waals surface area contributed by atoms with Gasteiger partial charge >= 0.3 is 0 Å². The normalized spacial score (nSPS) is 31.1. The number of aromatic nitrogens is 2. The van der Waals surface area contributed by atoms with Crippen LogP contribution in [-0.2, 0) is 19.2 Å². The lowest BCUT2D eigenvalue weighted by Gasteiger charge is -2.18. The van der Waals surface area contributed by atoms with E-state index in [1.54, 1.807) is 0 Å². The highest BCUT2D eigenvalue weighted by molar-refractivity contribution is 7.18. The van der Waals surface area contributed by atoms with Gasteiger partial charge in [-0.25, -0.2) is 9.97 Å². The Morgan fingerprint density at radius 3 is 1.11 bits per heavy atom. The Hall–Kier alpha value is -6.01. The van der Waals surface area contributed by atoms with Crippen molar-refractivity contribution in [1.82, 2.24) is 41.0 Å². The summed E-state index contributed by atoms with van der Waals surface area (Å²) in [6.45, 7) is 0.106. The average molecular weight is 867 g/mol. The molecule has 6 fully saturated rings. The van der Waals surface area contributed by atoms with E-state index in [9.17, 15) is 28.8 Å². The minimum Gasteiger partial charge on any atom is -0.352 e. The second-order valence-electron chi connectivity index (χ2n) is 18.3. The Balaban J connectivity index is 0.799. The zero-order valence-corrected chi connectivity index (χ0v) is 35.9. The van der Waals surface area contributed by atoms with E-state index in [4.69, 9.17) is 0 Å². The molecule has 1 aromatic heterocycles. The summed E-state index contributed by atoms with van der Waals surface area (Å²) in [5, 5.41) is 12.5. The largest absolute Gasteiger partial charge is 0.352 e. The molecule has 0 bridgehead atoms. The van der Waals surface area contributed by atoms with Crippen LogP contribution in [0.3, 0.4) is 0 Å². The highest BCUT2D eigenvalue weighted by Gasteiger charge is 2.51. The summed E-state index contributed by atoms with van der Waals surface area (Å²) in [6, 6.07) is 29.9. The van der Waals surface area contributed by atoms with Gasteiger partial charge in [0.25, 0.3) is 11.8 Å². The highest BCUT2D eigenvalue weighted by atomic mass is 31.0. The fourth-order valence-electron chi connectivity index (χ4n) is 9.68. The molecule has 15 heteroatoms. The van der Waals surface area contributed by atoms with Crippen molar-refractivity contribution in [3.05, 3.63) is 131 Å². The Labute approximate surface area is 368 Å². The Morgan fingerprint density at radius 2 is 0.778 bits per heavy atom. The minimum absolute atomic E-state index is 0.0189. The van der Waals surface area contributed by atoms with Gasteiger partial charge in [0.05, 0.1) is 29.2 Å². The SMILES string of the molecule is O=C(N[C@H]1C[C@@H]1c1ccccc1)[C@@H]1CN(C(=O)c2cnc(C(=O)N3C[C@@H](C(=O)N[C@H]4C[C@@H]4c4ccccc4)[C@H](C(=O)N[C@H]4C[C@@H]4P)C3)nc2)C[C@H]1C(=O)N[C@H]1C[C@@H]1c1ccccc1. The first-order valence-electron chi connectivity index (χ1n) is 22.1. The van der Waals surface area contributed by atoms with E-state index in [1.807, 2.05) is 91.0 Å². The molecule has 3 aromatic carbocycles. The van der Waals surface area contributed by atoms with Crippen molar-refractivity contribution < 1.29 is 28.8 Å². The van der Waals surface area contributed by atoms with Gasteiger partial charge in [0.15, 0.2) is 0 Å². The Bertz CT molecular complexity index is 2330. The molecule has 324 valence electrons. The summed E-state index contributed by atoms with van der Waals surface area (Å²) in [7, 11) is 2.71. The van der Waals surface area contributed by atoms with Crippen LogP contribution in [0.5, 0.6) is 0 Å². The molecule has 4 aliphatic carbocycles. The molecule has 14 nitrogen and oxygen atoms in total. The topological polar surface area (TPSA) is 183 Å². The van der Waals surface area contributed by atoms with Crippen molar-refractivity contribution in [3.8, 4) is 0 Å². The second kappa shape index (κ2) is 16.9. The van der Waals surface area contributed by atoms with Crippen molar-refractivity contribution in [2.45, 2.75) is 73.3 Å². The van der Waals surface area contributed by atoms with Gasteiger partial charge in [-0.1, -0.05) is 91.0 Å². The number of nitrogens with one attached hydrogen (secondary N) is 4. The first-order valence-corrected chi connectivity index (χ1v) is 22.8. The molecule has 0 spiro atoms. The van der Waals surface area contributed by atoms with E-state index in [-0.39, 0.29) is 109 Å². The van der Waals surface area contributed by atoms with Crippen molar-refractivity contribution in [3.63, 3.8) is 0 Å². The van der Waals surface area contributed by atoms with E-state index >= 15 is 0 Å². The van der Waals surface area contributed by atoms with Crippen LogP contribution in [0.2, 0.25) is 0 Å². The number of benzene rings is 3. The van der Waals surface area contributed by atoms with Crippen LogP contribution in [0.25, 0.3) is 0 Å². The van der Waals surface area contributed by atoms with Gasteiger partial charge in [-0.15, -0.1) is 9.24 Å². The summed E-state index contributed by atoms with van der Waals surface area (Å²) < 4.78 is 0.